The molecule has 0 spiro atoms. The number of nitrogens with one attached hydrogen (secondary N) is 1. The smallest absolute Gasteiger partial charge is 0.206 e. The molecule has 1 aromatic rings. The summed E-state index contributed by atoms with van der Waals surface area (Å²) >= 11 is 4.70. The van der Waals surface area contributed by atoms with Crippen molar-refractivity contribution in [3.05, 3.63) is 3.92 Å². The van der Waals surface area contributed by atoms with E-state index in [0.717, 1.165) is 15.5 Å². The predicted octanol–water partition coefficient (Wildman–Crippen LogP) is 1.87. The van der Waals surface area contributed by atoms with Gasteiger partial charge in [0, 0.05) is 28.9 Å². The van der Waals surface area contributed by atoms with Crippen LogP contribution in [-0.2, 0) is 10.8 Å². The van der Waals surface area contributed by atoms with E-state index in [1.165, 1.54) is 11.3 Å². The van der Waals surface area contributed by atoms with E-state index in [4.69, 9.17) is 0 Å². The fourth-order valence-corrected chi connectivity index (χ4v) is 2.70. The van der Waals surface area contributed by atoms with E-state index in [1.807, 2.05) is 6.92 Å². The maximum absolute atomic E-state index is 10.9. The Kier molecular flexibility index (Phi) is 4.97. The molecule has 0 fully saturated rings. The quantitative estimate of drug-likeness (QED) is 0.901. The Hall–Kier alpha value is -0.0100. The van der Waals surface area contributed by atoms with Gasteiger partial charge in [0.25, 0.3) is 0 Å². The lowest BCUT2D eigenvalue weighted by Crippen LogP contribution is -2.17. The second-order valence-corrected chi connectivity index (χ2v) is 6.78. The molecule has 1 aromatic heterocycles. The van der Waals surface area contributed by atoms with E-state index in [1.54, 1.807) is 6.26 Å². The van der Waals surface area contributed by atoms with Crippen molar-refractivity contribution in [1.29, 1.82) is 0 Å². The van der Waals surface area contributed by atoms with E-state index >= 15 is 0 Å². The van der Waals surface area contributed by atoms with Gasteiger partial charge in [0.2, 0.25) is 5.13 Å². The summed E-state index contributed by atoms with van der Waals surface area (Å²) in [4.78, 5) is 0. The molecule has 0 aliphatic heterocycles. The largest absolute Gasteiger partial charge is 0.358 e. The molecule has 0 aromatic carbocycles. The van der Waals surface area contributed by atoms with Crippen LogP contribution in [0.25, 0.3) is 0 Å². The Bertz CT molecular complexity index is 318. The van der Waals surface area contributed by atoms with Crippen LogP contribution in [0, 0.1) is 0 Å². The van der Waals surface area contributed by atoms with Crippen LogP contribution in [0.5, 0.6) is 0 Å². The van der Waals surface area contributed by atoms with E-state index in [-0.39, 0.29) is 6.04 Å². The summed E-state index contributed by atoms with van der Waals surface area (Å²) in [6.07, 6.45) is 2.59. The molecule has 80 valence electrons. The van der Waals surface area contributed by atoms with Gasteiger partial charge in [-0.15, -0.1) is 10.2 Å². The molecule has 7 heteroatoms. The zero-order chi connectivity index (χ0) is 10.6. The molecule has 0 aliphatic carbocycles. The summed E-state index contributed by atoms with van der Waals surface area (Å²) in [6.45, 7) is 2.04. The highest BCUT2D eigenvalue weighted by atomic mass is 79.9. The van der Waals surface area contributed by atoms with Crippen molar-refractivity contribution in [2.24, 2.45) is 0 Å². The van der Waals surface area contributed by atoms with Crippen LogP contribution in [0.3, 0.4) is 0 Å². The molecule has 2 unspecified atom stereocenters. The number of nitrogens with zero attached hydrogens (tertiary/aromatic N) is 2. The first-order valence-electron chi connectivity index (χ1n) is 4.13. The third kappa shape index (κ3) is 4.47. The van der Waals surface area contributed by atoms with Gasteiger partial charge in [0.05, 0.1) is 0 Å². The fourth-order valence-electron chi connectivity index (χ4n) is 0.889. The third-order valence-corrected chi connectivity index (χ3v) is 3.71. The molecular formula is C7H12BrN3OS2. The molecular weight excluding hydrogens is 286 g/mol. The first kappa shape index (κ1) is 12.1. The van der Waals surface area contributed by atoms with Crippen LogP contribution in [0.1, 0.15) is 13.3 Å². The summed E-state index contributed by atoms with van der Waals surface area (Å²) in [5.74, 6) is 0.716. The summed E-state index contributed by atoms with van der Waals surface area (Å²) in [7, 11) is -0.721. The third-order valence-electron chi connectivity index (χ3n) is 1.61. The summed E-state index contributed by atoms with van der Waals surface area (Å²) < 4.78 is 11.6. The van der Waals surface area contributed by atoms with Crippen LogP contribution in [0.2, 0.25) is 0 Å². The van der Waals surface area contributed by atoms with E-state index < -0.39 is 10.8 Å². The molecule has 2 atom stereocenters. The van der Waals surface area contributed by atoms with Crippen LogP contribution < -0.4 is 5.32 Å². The van der Waals surface area contributed by atoms with Crippen molar-refractivity contribution in [1.82, 2.24) is 10.2 Å². The Morgan fingerprint density at radius 2 is 2.36 bits per heavy atom. The number of hydrogen-bond donors (Lipinski definition) is 1. The zero-order valence-corrected chi connectivity index (χ0v) is 11.2. The van der Waals surface area contributed by atoms with Crippen molar-refractivity contribution in [2.45, 2.75) is 19.4 Å². The van der Waals surface area contributed by atoms with E-state index in [9.17, 15) is 4.21 Å². The van der Waals surface area contributed by atoms with Crippen molar-refractivity contribution in [3.63, 3.8) is 0 Å². The van der Waals surface area contributed by atoms with E-state index in [0.29, 0.717) is 5.75 Å². The summed E-state index contributed by atoms with van der Waals surface area (Å²) in [5, 5.41) is 11.7. The Morgan fingerprint density at radius 1 is 1.64 bits per heavy atom. The summed E-state index contributed by atoms with van der Waals surface area (Å²) in [6, 6.07) is 0.277. The number of anilines is 1. The van der Waals surface area contributed by atoms with Gasteiger partial charge in [-0.3, -0.25) is 4.21 Å². The predicted molar refractivity (Wildman–Crippen MR) is 64.2 cm³/mol. The zero-order valence-electron chi connectivity index (χ0n) is 7.99. The van der Waals surface area contributed by atoms with Gasteiger partial charge in [-0.2, -0.15) is 0 Å². The summed E-state index contributed by atoms with van der Waals surface area (Å²) in [5.41, 5.74) is 0. The van der Waals surface area contributed by atoms with Gasteiger partial charge in [-0.05, 0) is 29.3 Å². The second kappa shape index (κ2) is 5.77. The maximum Gasteiger partial charge on any atom is 0.206 e. The first-order chi connectivity index (χ1) is 6.58. The lowest BCUT2D eigenvalue weighted by Gasteiger charge is -2.10. The molecule has 1 rings (SSSR count). The standard InChI is InChI=1S/C7H12BrN3OS2/c1-5(3-4-14(2)12)9-7-11-10-6(8)13-7/h5H,3-4H2,1-2H3,(H,9,11). The SMILES string of the molecule is CC(CCS(C)=O)Nc1nnc(Br)s1. The molecule has 0 bridgehead atoms. The molecule has 14 heavy (non-hydrogen) atoms. The Balaban J connectivity index is 2.33. The van der Waals surface area contributed by atoms with Crippen LogP contribution in [0.4, 0.5) is 5.13 Å². The highest BCUT2D eigenvalue weighted by Gasteiger charge is 2.06. The number of aromatic nitrogens is 2. The molecule has 4 nitrogen and oxygen atoms in total. The molecule has 0 saturated heterocycles. The van der Waals surface area contributed by atoms with Gasteiger partial charge in [-0.1, -0.05) is 11.3 Å². The average Bonchev–Trinajstić information content (AvgIpc) is 2.48. The van der Waals surface area contributed by atoms with Gasteiger partial charge < -0.3 is 5.32 Å². The Labute approximate surface area is 98.1 Å². The average molecular weight is 298 g/mol. The topological polar surface area (TPSA) is 54.9 Å². The minimum Gasteiger partial charge on any atom is -0.358 e. The van der Waals surface area contributed by atoms with Gasteiger partial charge in [0.15, 0.2) is 3.92 Å². The molecule has 0 aliphatic rings. The maximum atomic E-state index is 10.9. The Morgan fingerprint density at radius 3 is 2.86 bits per heavy atom. The normalized spacial score (nSPS) is 15.1. The van der Waals surface area contributed by atoms with Gasteiger partial charge in [-0.25, -0.2) is 0 Å². The highest BCUT2D eigenvalue weighted by molar-refractivity contribution is 9.11. The van der Waals surface area contributed by atoms with Crippen LogP contribution in [-0.4, -0.2) is 32.5 Å². The lowest BCUT2D eigenvalue weighted by molar-refractivity contribution is 0.678. The fraction of sp³-hybridized carbons (Fsp3) is 0.714. The molecule has 1 N–H and O–H groups in total. The second-order valence-electron chi connectivity index (χ2n) is 2.97. The van der Waals surface area contributed by atoms with Crippen LogP contribution >= 0.6 is 27.3 Å². The molecule has 0 radical (unpaired) electrons. The minimum absolute atomic E-state index is 0.277. The number of hydrogen-bond acceptors (Lipinski definition) is 5. The van der Waals surface area contributed by atoms with E-state index in [2.05, 4.69) is 31.4 Å². The minimum atomic E-state index is -0.721. The molecule has 1 heterocycles. The van der Waals surface area contributed by atoms with Crippen LogP contribution in [0.15, 0.2) is 3.92 Å². The molecule has 0 saturated carbocycles. The van der Waals surface area contributed by atoms with Gasteiger partial charge >= 0.3 is 0 Å². The monoisotopic (exact) mass is 297 g/mol. The van der Waals surface area contributed by atoms with Crippen molar-refractivity contribution in [2.75, 3.05) is 17.3 Å². The highest BCUT2D eigenvalue weighted by Crippen LogP contribution is 2.20. The molecule has 0 amide bonds. The van der Waals surface area contributed by atoms with Crippen molar-refractivity contribution < 1.29 is 4.21 Å². The number of rotatable bonds is 5. The van der Waals surface area contributed by atoms with Crippen molar-refractivity contribution >= 4 is 43.2 Å². The lowest BCUT2D eigenvalue weighted by atomic mass is 10.3. The van der Waals surface area contributed by atoms with Crippen molar-refractivity contribution in [3.8, 4) is 0 Å². The van der Waals surface area contributed by atoms with Gasteiger partial charge in [0.1, 0.15) is 0 Å². The first-order valence-corrected chi connectivity index (χ1v) is 7.47. The number of halogens is 1.